The van der Waals surface area contributed by atoms with Crippen LogP contribution in [0.3, 0.4) is 0 Å². The molecule has 4 rings (SSSR count). The van der Waals surface area contributed by atoms with Gasteiger partial charge in [0.15, 0.2) is 12.7 Å². The molecule has 0 bridgehead atoms. The van der Waals surface area contributed by atoms with Crippen molar-refractivity contribution in [2.45, 2.75) is 13.0 Å². The van der Waals surface area contributed by atoms with E-state index in [1.54, 1.807) is 49.5 Å². The maximum Gasteiger partial charge on any atom is 0.338 e. The maximum atomic E-state index is 12.9. The van der Waals surface area contributed by atoms with E-state index in [-0.39, 0.29) is 23.7 Å². The lowest BCUT2D eigenvalue weighted by Gasteiger charge is -2.33. The first kappa shape index (κ1) is 21.9. The summed E-state index contributed by atoms with van der Waals surface area (Å²) >= 11 is 0. The molecule has 0 radical (unpaired) electrons. The fraction of sp³-hybridized carbons (Fsp3) is 0.217. The summed E-state index contributed by atoms with van der Waals surface area (Å²) in [5, 5.41) is 2.51. The molecule has 2 aromatic carbocycles. The third-order valence-electron chi connectivity index (χ3n) is 5.26. The number of likely N-dealkylation sites (N-methyl/N-ethyl adjacent to an activating group) is 1. The number of aryl methyl sites for hydroxylation is 1. The lowest BCUT2D eigenvalue weighted by atomic mass is 10.1. The number of nitrogens with zero attached hydrogens (tertiary/aromatic N) is 2. The van der Waals surface area contributed by atoms with Gasteiger partial charge in [0.25, 0.3) is 11.8 Å². The molecule has 0 fully saturated rings. The summed E-state index contributed by atoms with van der Waals surface area (Å²) in [7, 11) is 1.49. The van der Waals surface area contributed by atoms with Crippen LogP contribution in [-0.2, 0) is 14.3 Å². The van der Waals surface area contributed by atoms with E-state index in [0.29, 0.717) is 17.1 Å². The Hall–Kier alpha value is -4.34. The van der Waals surface area contributed by atoms with Gasteiger partial charge in [0, 0.05) is 18.9 Å². The number of amides is 2. The topological polar surface area (TPSA) is 123 Å². The first-order valence-electron chi connectivity index (χ1n) is 10.2. The Balaban J connectivity index is 1.44. The maximum absolute atomic E-state index is 12.9. The molecular formula is C23H22N4O6. The predicted octanol–water partition coefficient (Wildman–Crippen LogP) is 1.17. The lowest BCUT2D eigenvalue weighted by molar-refractivity contribution is -0.128. The predicted molar refractivity (Wildman–Crippen MR) is 119 cm³/mol. The summed E-state index contributed by atoms with van der Waals surface area (Å²) in [6.45, 7) is 1.27. The van der Waals surface area contributed by atoms with Crippen molar-refractivity contribution in [2.24, 2.45) is 0 Å². The van der Waals surface area contributed by atoms with Crippen LogP contribution in [-0.4, -0.2) is 53.6 Å². The number of carbonyl (C=O) groups is 3. The van der Waals surface area contributed by atoms with E-state index in [1.165, 1.54) is 28.6 Å². The molecule has 2 amide bonds. The highest BCUT2D eigenvalue weighted by Gasteiger charge is 2.33. The van der Waals surface area contributed by atoms with Crippen LogP contribution in [0.15, 0.2) is 59.5 Å². The van der Waals surface area contributed by atoms with Crippen molar-refractivity contribution in [2.75, 3.05) is 25.1 Å². The zero-order chi connectivity index (χ0) is 23.5. The van der Waals surface area contributed by atoms with Gasteiger partial charge in [-0.15, -0.1) is 0 Å². The average Bonchev–Trinajstić information content (AvgIpc) is 3.18. The zero-order valence-electron chi connectivity index (χ0n) is 18.0. The number of para-hydroxylation sites is 2. The summed E-state index contributed by atoms with van der Waals surface area (Å²) in [4.78, 5) is 53.3. The quantitative estimate of drug-likeness (QED) is 0.563. The Kier molecular flexibility index (Phi) is 5.99. The van der Waals surface area contributed by atoms with E-state index >= 15 is 0 Å². The van der Waals surface area contributed by atoms with Gasteiger partial charge in [0.2, 0.25) is 0 Å². The van der Waals surface area contributed by atoms with Crippen molar-refractivity contribution in [3.8, 4) is 11.4 Å². The Morgan fingerprint density at radius 1 is 1.15 bits per heavy atom. The highest BCUT2D eigenvalue weighted by Crippen LogP contribution is 2.33. The third kappa shape index (κ3) is 4.36. The fourth-order valence-electron chi connectivity index (χ4n) is 3.58. The average molecular weight is 450 g/mol. The van der Waals surface area contributed by atoms with Gasteiger partial charge in [-0.3, -0.25) is 14.2 Å². The Labute approximate surface area is 188 Å². The Morgan fingerprint density at radius 2 is 1.88 bits per heavy atom. The number of anilines is 1. The standard InChI is InChI=1S/C23H22N4O6/c1-14-11-25-23(31)27(14)16-9-7-15(8-10-16)22(30)32-13-20(28)26-12-19(21(29)24-2)33-18-6-4-3-5-17(18)26/h3-11,19H,12-13H2,1-2H3,(H,24,29)(H,25,31). The monoisotopic (exact) mass is 450 g/mol. The minimum atomic E-state index is -0.877. The summed E-state index contributed by atoms with van der Waals surface area (Å²) in [6.07, 6.45) is 0.714. The lowest BCUT2D eigenvalue weighted by Crippen LogP contribution is -2.51. The van der Waals surface area contributed by atoms with Crippen molar-refractivity contribution in [3.05, 3.63) is 76.5 Å². The number of nitrogens with one attached hydrogen (secondary N) is 2. The van der Waals surface area contributed by atoms with Gasteiger partial charge in [0.1, 0.15) is 5.75 Å². The number of benzene rings is 2. The molecule has 170 valence electrons. The van der Waals surface area contributed by atoms with Crippen molar-refractivity contribution in [1.29, 1.82) is 0 Å². The number of hydrogen-bond acceptors (Lipinski definition) is 6. The number of aromatic nitrogens is 2. The molecule has 1 aromatic heterocycles. The largest absolute Gasteiger partial charge is 0.477 e. The number of aromatic amines is 1. The number of hydrogen-bond donors (Lipinski definition) is 2. The summed E-state index contributed by atoms with van der Waals surface area (Å²) in [5.74, 6) is -1.14. The van der Waals surface area contributed by atoms with Crippen LogP contribution in [0.1, 0.15) is 16.1 Å². The molecule has 0 spiro atoms. The van der Waals surface area contributed by atoms with Crippen LogP contribution < -0.4 is 20.6 Å². The highest BCUT2D eigenvalue weighted by molar-refractivity contribution is 5.99. The smallest absolute Gasteiger partial charge is 0.338 e. The van der Waals surface area contributed by atoms with Gasteiger partial charge in [-0.1, -0.05) is 12.1 Å². The molecule has 0 aliphatic carbocycles. The fourth-order valence-corrected chi connectivity index (χ4v) is 3.58. The molecule has 10 heteroatoms. The molecule has 1 atom stereocenters. The molecule has 1 aliphatic rings. The van der Waals surface area contributed by atoms with E-state index in [2.05, 4.69) is 10.3 Å². The molecule has 0 saturated carbocycles. The second-order valence-corrected chi connectivity index (χ2v) is 7.39. The van der Waals surface area contributed by atoms with Crippen LogP contribution in [0.2, 0.25) is 0 Å². The van der Waals surface area contributed by atoms with E-state index in [9.17, 15) is 19.2 Å². The Bertz CT molecular complexity index is 1260. The second-order valence-electron chi connectivity index (χ2n) is 7.39. The van der Waals surface area contributed by atoms with Gasteiger partial charge in [-0.05, 0) is 43.3 Å². The summed E-state index contributed by atoms with van der Waals surface area (Å²) in [6, 6.07) is 13.1. The van der Waals surface area contributed by atoms with Gasteiger partial charge in [-0.2, -0.15) is 0 Å². The van der Waals surface area contributed by atoms with Gasteiger partial charge in [0.05, 0.1) is 23.5 Å². The number of H-pyrrole nitrogens is 1. The van der Waals surface area contributed by atoms with Crippen molar-refractivity contribution in [3.63, 3.8) is 0 Å². The number of esters is 1. The van der Waals surface area contributed by atoms with Crippen LogP contribution in [0.5, 0.6) is 5.75 Å². The Morgan fingerprint density at radius 3 is 2.55 bits per heavy atom. The number of rotatable bonds is 5. The van der Waals surface area contributed by atoms with E-state index in [0.717, 1.165) is 5.69 Å². The van der Waals surface area contributed by atoms with Crippen molar-refractivity contribution >= 4 is 23.5 Å². The molecular weight excluding hydrogens is 428 g/mol. The molecule has 3 aromatic rings. The molecule has 2 N–H and O–H groups in total. The second kappa shape index (κ2) is 9.03. The highest BCUT2D eigenvalue weighted by atomic mass is 16.5. The van der Waals surface area contributed by atoms with Gasteiger partial charge >= 0.3 is 11.7 Å². The SMILES string of the molecule is CNC(=O)C1CN(C(=O)COC(=O)c2ccc(-n3c(C)c[nH]c3=O)cc2)c2ccccc2O1. The normalized spacial score (nSPS) is 14.7. The number of ether oxygens (including phenoxy) is 2. The van der Waals surface area contributed by atoms with Crippen LogP contribution in [0, 0.1) is 6.92 Å². The van der Waals surface area contributed by atoms with E-state index in [4.69, 9.17) is 9.47 Å². The zero-order valence-corrected chi connectivity index (χ0v) is 18.0. The molecule has 0 saturated heterocycles. The van der Waals surface area contributed by atoms with Crippen LogP contribution in [0.4, 0.5) is 5.69 Å². The van der Waals surface area contributed by atoms with E-state index in [1.807, 2.05) is 0 Å². The molecule has 10 nitrogen and oxygen atoms in total. The number of carbonyl (C=O) groups excluding carboxylic acids is 3. The number of fused-ring (bicyclic) bond motifs is 1. The molecule has 1 aliphatic heterocycles. The minimum absolute atomic E-state index is 0.00741. The minimum Gasteiger partial charge on any atom is -0.477 e. The first-order chi connectivity index (χ1) is 15.9. The third-order valence-corrected chi connectivity index (χ3v) is 5.26. The number of imidazole rings is 1. The van der Waals surface area contributed by atoms with Crippen molar-refractivity contribution in [1.82, 2.24) is 14.9 Å². The van der Waals surface area contributed by atoms with Gasteiger partial charge in [-0.25, -0.2) is 9.59 Å². The molecule has 1 unspecified atom stereocenters. The summed E-state index contributed by atoms with van der Waals surface area (Å²) in [5.41, 5.74) is 1.77. The first-order valence-corrected chi connectivity index (χ1v) is 10.2. The summed E-state index contributed by atoms with van der Waals surface area (Å²) < 4.78 is 12.4. The van der Waals surface area contributed by atoms with Gasteiger partial charge < -0.3 is 24.7 Å². The molecule has 33 heavy (non-hydrogen) atoms. The van der Waals surface area contributed by atoms with Crippen LogP contribution >= 0.6 is 0 Å². The van der Waals surface area contributed by atoms with Crippen LogP contribution in [0.25, 0.3) is 5.69 Å². The van der Waals surface area contributed by atoms with Crippen molar-refractivity contribution < 1.29 is 23.9 Å². The van der Waals surface area contributed by atoms with E-state index < -0.39 is 24.6 Å². The molecule has 2 heterocycles.